The van der Waals surface area contributed by atoms with Crippen molar-refractivity contribution in [1.82, 2.24) is 9.88 Å². The highest BCUT2D eigenvalue weighted by Gasteiger charge is 2.36. The summed E-state index contributed by atoms with van der Waals surface area (Å²) in [6.07, 6.45) is 4.78. The first-order valence-corrected chi connectivity index (χ1v) is 8.85. The van der Waals surface area contributed by atoms with Gasteiger partial charge in [0.1, 0.15) is 6.54 Å². The number of benzene rings is 1. The largest absolute Gasteiger partial charge is 0.324 e. The lowest BCUT2D eigenvalue weighted by Gasteiger charge is -2.13. The zero-order valence-corrected chi connectivity index (χ0v) is 15.3. The third-order valence-corrected chi connectivity index (χ3v) is 4.77. The maximum absolute atomic E-state index is 12.4. The molecule has 0 unspecified atom stereocenters. The van der Waals surface area contributed by atoms with Gasteiger partial charge >= 0.3 is 0 Å². The van der Waals surface area contributed by atoms with Crippen LogP contribution in [0.3, 0.4) is 0 Å². The number of carbonyl (C=O) groups excluding carboxylic acids is 3. The molecule has 0 bridgehead atoms. The van der Waals surface area contributed by atoms with E-state index in [9.17, 15) is 14.4 Å². The molecule has 0 saturated carbocycles. The second kappa shape index (κ2) is 7.72. The average Bonchev–Trinajstić information content (AvgIpc) is 2.86. The van der Waals surface area contributed by atoms with Crippen LogP contribution in [0.4, 0.5) is 10.5 Å². The first-order chi connectivity index (χ1) is 12.4. The van der Waals surface area contributed by atoms with Gasteiger partial charge in [0.2, 0.25) is 5.91 Å². The van der Waals surface area contributed by atoms with Crippen molar-refractivity contribution in [1.29, 1.82) is 0 Å². The monoisotopic (exact) mass is 387 g/mol. The van der Waals surface area contributed by atoms with Crippen molar-refractivity contribution in [3.8, 4) is 0 Å². The third-order valence-electron chi connectivity index (χ3n) is 3.63. The third kappa shape index (κ3) is 4.12. The Morgan fingerprint density at radius 1 is 1.35 bits per heavy atom. The zero-order valence-electron chi connectivity index (χ0n) is 13.7. The summed E-state index contributed by atoms with van der Waals surface area (Å²) >= 11 is 6.73. The molecule has 1 aromatic carbocycles. The van der Waals surface area contributed by atoms with Crippen molar-refractivity contribution in [3.05, 3.63) is 63.8 Å². The van der Waals surface area contributed by atoms with Crippen LogP contribution >= 0.6 is 23.4 Å². The van der Waals surface area contributed by atoms with Gasteiger partial charge in [-0.15, -0.1) is 0 Å². The highest BCUT2D eigenvalue weighted by Crippen LogP contribution is 2.32. The smallest absolute Gasteiger partial charge is 0.294 e. The number of aryl methyl sites for hydroxylation is 1. The molecule has 6 nitrogen and oxygen atoms in total. The number of imide groups is 1. The molecule has 0 atom stereocenters. The number of pyridine rings is 1. The Morgan fingerprint density at radius 2 is 2.15 bits per heavy atom. The van der Waals surface area contributed by atoms with Gasteiger partial charge in [-0.3, -0.25) is 24.3 Å². The summed E-state index contributed by atoms with van der Waals surface area (Å²) in [6.45, 7) is 1.46. The second-order valence-electron chi connectivity index (χ2n) is 5.56. The van der Waals surface area contributed by atoms with Gasteiger partial charge in [-0.1, -0.05) is 23.7 Å². The van der Waals surface area contributed by atoms with E-state index in [4.69, 9.17) is 11.6 Å². The van der Waals surface area contributed by atoms with Gasteiger partial charge in [0.05, 0.1) is 4.91 Å². The average molecular weight is 388 g/mol. The van der Waals surface area contributed by atoms with E-state index in [1.54, 1.807) is 48.8 Å². The van der Waals surface area contributed by atoms with E-state index in [1.165, 1.54) is 0 Å². The molecule has 26 heavy (non-hydrogen) atoms. The molecular weight excluding hydrogens is 374 g/mol. The number of hydrogen-bond donors (Lipinski definition) is 1. The molecule has 1 fully saturated rings. The molecule has 3 rings (SSSR count). The predicted molar refractivity (Wildman–Crippen MR) is 102 cm³/mol. The van der Waals surface area contributed by atoms with Gasteiger partial charge in [-0.25, -0.2) is 0 Å². The summed E-state index contributed by atoms with van der Waals surface area (Å²) in [6, 6.07) is 8.61. The number of halogens is 1. The lowest BCUT2D eigenvalue weighted by Crippen LogP contribution is -2.36. The van der Waals surface area contributed by atoms with E-state index >= 15 is 0 Å². The normalized spacial score (nSPS) is 15.6. The Balaban J connectivity index is 1.70. The number of nitrogens with zero attached hydrogens (tertiary/aromatic N) is 2. The Kier molecular flexibility index (Phi) is 5.39. The standard InChI is InChI=1S/C18H14ClN3O3S/c1-11-4-5-13(19)8-14(11)21-16(23)10-22-17(24)15(26-18(22)25)7-12-3-2-6-20-9-12/h2-9H,10H2,1H3,(H,21,23)/b15-7+. The van der Waals surface area contributed by atoms with Crippen LogP contribution < -0.4 is 5.32 Å². The highest BCUT2D eigenvalue weighted by atomic mass is 35.5. The van der Waals surface area contributed by atoms with Crippen LogP contribution in [0.25, 0.3) is 6.08 Å². The molecule has 132 valence electrons. The molecule has 1 saturated heterocycles. The fourth-order valence-electron chi connectivity index (χ4n) is 2.31. The molecular formula is C18H14ClN3O3S. The van der Waals surface area contributed by atoms with E-state index in [0.717, 1.165) is 22.2 Å². The number of carbonyl (C=O) groups is 3. The molecule has 0 aliphatic carbocycles. The molecule has 8 heteroatoms. The summed E-state index contributed by atoms with van der Waals surface area (Å²) in [7, 11) is 0. The fourth-order valence-corrected chi connectivity index (χ4v) is 3.32. The number of hydrogen-bond acceptors (Lipinski definition) is 5. The Bertz CT molecular complexity index is 915. The zero-order chi connectivity index (χ0) is 18.7. The summed E-state index contributed by atoms with van der Waals surface area (Å²) < 4.78 is 0. The van der Waals surface area contributed by atoms with Gasteiger partial charge in [0, 0.05) is 23.1 Å². The van der Waals surface area contributed by atoms with Crippen molar-refractivity contribution in [3.63, 3.8) is 0 Å². The number of nitrogens with one attached hydrogen (secondary N) is 1. The molecule has 1 aliphatic heterocycles. The van der Waals surface area contributed by atoms with Crippen molar-refractivity contribution >= 4 is 52.2 Å². The van der Waals surface area contributed by atoms with Crippen LogP contribution in [0.5, 0.6) is 0 Å². The summed E-state index contributed by atoms with van der Waals surface area (Å²) in [5.41, 5.74) is 2.07. The summed E-state index contributed by atoms with van der Waals surface area (Å²) in [5.74, 6) is -0.970. The predicted octanol–water partition coefficient (Wildman–Crippen LogP) is 3.72. The molecule has 1 aliphatic rings. The van der Waals surface area contributed by atoms with Crippen LogP contribution in [0.15, 0.2) is 47.6 Å². The first-order valence-electron chi connectivity index (χ1n) is 7.65. The van der Waals surface area contributed by atoms with Gasteiger partial charge in [0.25, 0.3) is 11.1 Å². The van der Waals surface area contributed by atoms with Gasteiger partial charge < -0.3 is 5.32 Å². The van der Waals surface area contributed by atoms with Crippen LogP contribution in [0.1, 0.15) is 11.1 Å². The number of thioether (sulfide) groups is 1. The molecule has 0 radical (unpaired) electrons. The van der Waals surface area contributed by atoms with E-state index in [-0.39, 0.29) is 11.4 Å². The van der Waals surface area contributed by atoms with Crippen LogP contribution in [-0.2, 0) is 9.59 Å². The molecule has 1 aromatic heterocycles. The quantitative estimate of drug-likeness (QED) is 0.809. The van der Waals surface area contributed by atoms with Crippen molar-refractivity contribution in [2.24, 2.45) is 0 Å². The fraction of sp³-hybridized carbons (Fsp3) is 0.111. The summed E-state index contributed by atoms with van der Waals surface area (Å²) in [5, 5.41) is 2.67. The Morgan fingerprint density at radius 3 is 2.88 bits per heavy atom. The van der Waals surface area contributed by atoms with Crippen molar-refractivity contribution in [2.75, 3.05) is 11.9 Å². The van der Waals surface area contributed by atoms with Gasteiger partial charge in [-0.05, 0) is 54.1 Å². The molecule has 1 N–H and O–H groups in total. The summed E-state index contributed by atoms with van der Waals surface area (Å²) in [4.78, 5) is 41.9. The van der Waals surface area contributed by atoms with Gasteiger partial charge in [0.15, 0.2) is 0 Å². The van der Waals surface area contributed by atoms with Crippen LogP contribution in [0, 0.1) is 6.92 Å². The lowest BCUT2D eigenvalue weighted by molar-refractivity contribution is -0.127. The van der Waals surface area contributed by atoms with E-state index in [0.29, 0.717) is 16.3 Å². The van der Waals surface area contributed by atoms with Crippen LogP contribution in [0.2, 0.25) is 5.02 Å². The molecule has 2 aromatic rings. The topological polar surface area (TPSA) is 79.4 Å². The highest BCUT2D eigenvalue weighted by molar-refractivity contribution is 8.18. The maximum Gasteiger partial charge on any atom is 0.294 e. The minimum atomic E-state index is -0.498. The minimum Gasteiger partial charge on any atom is -0.324 e. The molecule has 3 amide bonds. The first kappa shape index (κ1) is 18.2. The van der Waals surface area contributed by atoms with Crippen molar-refractivity contribution < 1.29 is 14.4 Å². The van der Waals surface area contributed by atoms with Gasteiger partial charge in [-0.2, -0.15) is 0 Å². The van der Waals surface area contributed by atoms with E-state index < -0.39 is 17.1 Å². The maximum atomic E-state index is 12.4. The van der Waals surface area contributed by atoms with Crippen molar-refractivity contribution in [2.45, 2.75) is 6.92 Å². The number of aromatic nitrogens is 1. The van der Waals surface area contributed by atoms with E-state index in [1.807, 2.05) is 6.92 Å². The Hall–Kier alpha value is -2.64. The molecule has 2 heterocycles. The number of rotatable bonds is 4. The Labute approximate surface area is 159 Å². The number of amides is 3. The minimum absolute atomic E-state index is 0.259. The second-order valence-corrected chi connectivity index (χ2v) is 6.99. The van der Waals surface area contributed by atoms with Crippen LogP contribution in [-0.4, -0.2) is 33.5 Å². The lowest BCUT2D eigenvalue weighted by atomic mass is 10.2. The molecule has 0 spiro atoms. The SMILES string of the molecule is Cc1ccc(Cl)cc1NC(=O)CN1C(=O)S/C(=C/c2cccnc2)C1=O. The number of anilines is 1. The van der Waals surface area contributed by atoms with E-state index in [2.05, 4.69) is 10.3 Å².